The third-order valence-corrected chi connectivity index (χ3v) is 9.39. The van der Waals surface area contributed by atoms with Crippen LogP contribution in [0, 0.1) is 23.0 Å². The van der Waals surface area contributed by atoms with E-state index < -0.39 is 40.9 Å². The standard InChI is InChI=1S/C33H33ClF2N6O5S/c1-32(2,3)46-30(44)38-28-19(14-37)22-17(7-8-20(35)26(22)48-28)23-21(36)13-18-25-24(23)27(34)39-42(25)10-9-16-15-40(11-12-41(16)29(18)43)31(45)47-33(4,5)6/h7-8,13,16H,9-12,15H2,1-6H3,(H,38,44)/t16-/m1/s1. The number of benzene rings is 2. The van der Waals surface area contributed by atoms with Gasteiger partial charge >= 0.3 is 12.2 Å². The summed E-state index contributed by atoms with van der Waals surface area (Å²) in [6.07, 6.45) is -0.890. The largest absolute Gasteiger partial charge is 0.444 e. The molecule has 0 saturated carbocycles. The van der Waals surface area contributed by atoms with Crippen LogP contribution in [0.25, 0.3) is 32.1 Å². The van der Waals surface area contributed by atoms with Crippen LogP contribution in [0.15, 0.2) is 18.2 Å². The van der Waals surface area contributed by atoms with E-state index in [0.717, 1.165) is 23.5 Å². The molecule has 252 valence electrons. The van der Waals surface area contributed by atoms with Gasteiger partial charge in [-0.1, -0.05) is 17.7 Å². The first-order valence-corrected chi connectivity index (χ1v) is 16.5. The van der Waals surface area contributed by atoms with Gasteiger partial charge in [0.15, 0.2) is 5.15 Å². The van der Waals surface area contributed by atoms with Crippen LogP contribution < -0.4 is 5.32 Å². The summed E-state index contributed by atoms with van der Waals surface area (Å²) >= 11 is 7.52. The molecule has 2 aromatic heterocycles. The van der Waals surface area contributed by atoms with Crippen LogP contribution >= 0.6 is 22.9 Å². The van der Waals surface area contributed by atoms with Crippen molar-refractivity contribution in [1.82, 2.24) is 19.6 Å². The molecule has 1 atom stereocenters. The molecule has 6 rings (SSSR count). The smallest absolute Gasteiger partial charge is 0.412 e. The van der Waals surface area contributed by atoms with Gasteiger partial charge in [-0.25, -0.2) is 18.4 Å². The first-order valence-electron chi connectivity index (χ1n) is 15.3. The zero-order chi connectivity index (χ0) is 34.9. The number of fused-ring (bicyclic) bond motifs is 2. The van der Waals surface area contributed by atoms with Crippen molar-refractivity contribution in [3.8, 4) is 17.2 Å². The van der Waals surface area contributed by atoms with Gasteiger partial charge in [0.2, 0.25) is 0 Å². The first-order chi connectivity index (χ1) is 22.5. The number of halogens is 3. The normalized spacial score (nSPS) is 16.8. The van der Waals surface area contributed by atoms with Crippen molar-refractivity contribution in [2.45, 2.75) is 71.8 Å². The molecule has 3 amide bonds. The lowest BCUT2D eigenvalue weighted by Gasteiger charge is -2.42. The summed E-state index contributed by atoms with van der Waals surface area (Å²) in [5.41, 5.74) is -1.18. The van der Waals surface area contributed by atoms with Crippen LogP contribution in [0.3, 0.4) is 0 Å². The molecule has 0 radical (unpaired) electrons. The number of nitrogens with one attached hydrogen (secondary N) is 1. The number of amides is 3. The van der Waals surface area contributed by atoms with Crippen molar-refractivity contribution >= 4 is 67.0 Å². The van der Waals surface area contributed by atoms with Gasteiger partial charge in [0.1, 0.15) is 33.9 Å². The van der Waals surface area contributed by atoms with Crippen LogP contribution in [0.1, 0.15) is 63.9 Å². The van der Waals surface area contributed by atoms with Crippen molar-refractivity contribution in [2.24, 2.45) is 0 Å². The Morgan fingerprint density at radius 1 is 1.04 bits per heavy atom. The molecule has 2 aliphatic rings. The summed E-state index contributed by atoms with van der Waals surface area (Å²) < 4.78 is 44.2. The summed E-state index contributed by atoms with van der Waals surface area (Å²) in [6, 6.07) is 5.24. The van der Waals surface area contributed by atoms with E-state index in [4.69, 9.17) is 21.1 Å². The Labute approximate surface area is 283 Å². The number of rotatable bonds is 2. The highest BCUT2D eigenvalue weighted by molar-refractivity contribution is 7.23. The van der Waals surface area contributed by atoms with Crippen LogP contribution in [-0.4, -0.2) is 74.6 Å². The van der Waals surface area contributed by atoms with Crippen molar-refractivity contribution in [2.75, 3.05) is 25.0 Å². The van der Waals surface area contributed by atoms with Gasteiger partial charge in [-0.3, -0.25) is 14.8 Å². The Morgan fingerprint density at radius 3 is 2.42 bits per heavy atom. The van der Waals surface area contributed by atoms with Crippen LogP contribution in [0.5, 0.6) is 0 Å². The minimum Gasteiger partial charge on any atom is -0.444 e. The molecule has 1 fully saturated rings. The van der Waals surface area contributed by atoms with Crippen molar-refractivity contribution in [3.05, 3.63) is 46.1 Å². The van der Waals surface area contributed by atoms with Gasteiger partial charge in [-0.15, -0.1) is 11.3 Å². The van der Waals surface area contributed by atoms with E-state index in [-0.39, 0.29) is 73.6 Å². The highest BCUT2D eigenvalue weighted by Gasteiger charge is 2.38. The molecule has 4 aromatic rings. The molecule has 1 saturated heterocycles. The average molecular weight is 699 g/mol. The third-order valence-electron chi connectivity index (χ3n) is 8.01. The lowest BCUT2D eigenvalue weighted by atomic mass is 9.93. The average Bonchev–Trinajstić information content (AvgIpc) is 3.51. The minimum absolute atomic E-state index is 0.0122. The van der Waals surface area contributed by atoms with Crippen LogP contribution in [-0.2, 0) is 16.0 Å². The Balaban J connectivity index is 1.45. The molecule has 0 aliphatic carbocycles. The van der Waals surface area contributed by atoms with E-state index in [9.17, 15) is 19.6 Å². The maximum atomic E-state index is 16.5. The predicted octanol–water partition coefficient (Wildman–Crippen LogP) is 7.53. The van der Waals surface area contributed by atoms with Crippen molar-refractivity contribution < 1.29 is 32.6 Å². The number of hydrogen-bond acceptors (Lipinski definition) is 8. The van der Waals surface area contributed by atoms with E-state index in [1.807, 2.05) is 6.07 Å². The van der Waals surface area contributed by atoms with Gasteiger partial charge in [0.25, 0.3) is 5.91 Å². The molecule has 2 aliphatic heterocycles. The SMILES string of the molecule is CC(C)(C)OC(=O)Nc1sc2c(F)ccc(-c3c(F)cc4c5c3c(Cl)nn5CC[C@@H]3CN(C(=O)OC(C)(C)C)CCN3C4=O)c2c1C#N. The molecule has 0 spiro atoms. The maximum Gasteiger partial charge on any atom is 0.412 e. The monoisotopic (exact) mass is 698 g/mol. The second-order valence-corrected chi connectivity index (χ2v) is 15.1. The zero-order valence-corrected chi connectivity index (χ0v) is 28.7. The fraction of sp³-hybridized carbons (Fsp3) is 0.424. The number of piperazine rings is 1. The van der Waals surface area contributed by atoms with Gasteiger partial charge in [0.05, 0.1) is 32.8 Å². The van der Waals surface area contributed by atoms with Gasteiger partial charge in [0, 0.05) is 37.1 Å². The van der Waals surface area contributed by atoms with Crippen LogP contribution in [0.4, 0.5) is 23.4 Å². The highest BCUT2D eigenvalue weighted by atomic mass is 35.5. The zero-order valence-electron chi connectivity index (χ0n) is 27.2. The minimum atomic E-state index is -0.840. The lowest BCUT2D eigenvalue weighted by Crippen LogP contribution is -2.57. The number of nitriles is 1. The van der Waals surface area contributed by atoms with Crippen molar-refractivity contribution in [3.63, 3.8) is 0 Å². The van der Waals surface area contributed by atoms with E-state index in [1.165, 1.54) is 6.07 Å². The van der Waals surface area contributed by atoms with Crippen LogP contribution in [0.2, 0.25) is 5.15 Å². The van der Waals surface area contributed by atoms with E-state index in [0.29, 0.717) is 18.5 Å². The number of thiophene rings is 1. The predicted molar refractivity (Wildman–Crippen MR) is 177 cm³/mol. The van der Waals surface area contributed by atoms with Gasteiger partial charge in [-0.2, -0.15) is 10.4 Å². The molecular formula is C33H33ClF2N6O5S. The van der Waals surface area contributed by atoms with E-state index in [1.54, 1.807) is 56.0 Å². The molecule has 0 bridgehead atoms. The summed E-state index contributed by atoms with van der Waals surface area (Å²) in [5.74, 6) is -1.96. The fourth-order valence-electron chi connectivity index (χ4n) is 6.16. The molecule has 0 unspecified atom stereocenters. The highest BCUT2D eigenvalue weighted by Crippen LogP contribution is 2.47. The first kappa shape index (κ1) is 33.4. The van der Waals surface area contributed by atoms with Crippen molar-refractivity contribution in [1.29, 1.82) is 5.26 Å². The molecule has 4 heterocycles. The molecular weight excluding hydrogens is 666 g/mol. The Kier molecular flexibility index (Phi) is 8.28. The summed E-state index contributed by atoms with van der Waals surface area (Å²) in [4.78, 5) is 42.7. The lowest BCUT2D eigenvalue weighted by molar-refractivity contribution is 0.00275. The fourth-order valence-corrected chi connectivity index (χ4v) is 7.51. The Morgan fingerprint density at radius 2 is 1.75 bits per heavy atom. The van der Waals surface area contributed by atoms with E-state index >= 15 is 8.78 Å². The molecule has 48 heavy (non-hydrogen) atoms. The van der Waals surface area contributed by atoms with Gasteiger partial charge < -0.3 is 19.3 Å². The summed E-state index contributed by atoms with van der Waals surface area (Å²) in [5, 5.41) is 17.3. The number of carbonyl (C=O) groups excluding carboxylic acids is 3. The number of aryl methyl sites for hydroxylation is 1. The number of carbonyl (C=O) groups is 3. The quantitative estimate of drug-likeness (QED) is 0.229. The second-order valence-electron chi connectivity index (χ2n) is 13.7. The maximum absolute atomic E-state index is 16.5. The molecule has 2 aromatic carbocycles. The molecule has 11 nitrogen and oxygen atoms in total. The summed E-state index contributed by atoms with van der Waals surface area (Å²) in [7, 11) is 0. The second kappa shape index (κ2) is 11.9. The number of aromatic nitrogens is 2. The van der Waals surface area contributed by atoms with E-state index in [2.05, 4.69) is 10.4 Å². The Hall–Kier alpha value is -4.48. The topological polar surface area (TPSA) is 130 Å². The Bertz CT molecular complexity index is 2060. The third kappa shape index (κ3) is 6.01. The summed E-state index contributed by atoms with van der Waals surface area (Å²) in [6.45, 7) is 11.3. The number of anilines is 1. The number of hydrogen-bond donors (Lipinski definition) is 1. The molecule has 1 N–H and O–H groups in total. The number of nitrogens with zero attached hydrogens (tertiary/aromatic N) is 5. The van der Waals surface area contributed by atoms with Gasteiger partial charge in [-0.05, 0) is 65.7 Å². The molecule has 15 heteroatoms. The number of ether oxygens (including phenoxy) is 2.